The van der Waals surface area contributed by atoms with Crippen molar-refractivity contribution in [3.8, 4) is 0 Å². The summed E-state index contributed by atoms with van der Waals surface area (Å²) in [6.45, 7) is 5.37. The van der Waals surface area contributed by atoms with E-state index in [1.54, 1.807) is 12.5 Å². The first-order chi connectivity index (χ1) is 13.5. The Morgan fingerprint density at radius 1 is 1.11 bits per heavy atom. The van der Waals surface area contributed by atoms with Gasteiger partial charge in [0.25, 0.3) is 0 Å². The minimum Gasteiger partial charge on any atom is -0.389 e. The molecule has 4 nitrogen and oxygen atoms in total. The second kappa shape index (κ2) is 8.38. The number of benzene rings is 1. The molecule has 152 valence electrons. The van der Waals surface area contributed by atoms with Crippen LogP contribution < -0.4 is 0 Å². The van der Waals surface area contributed by atoms with E-state index in [1.807, 2.05) is 4.90 Å². The highest BCUT2D eigenvalue weighted by Crippen LogP contribution is 2.30. The number of rotatable bonds is 4. The number of amides is 1. The molecule has 0 aromatic heterocycles. The average molecular weight is 383 g/mol. The van der Waals surface area contributed by atoms with Crippen molar-refractivity contribution in [2.45, 2.75) is 69.9 Å². The highest BCUT2D eigenvalue weighted by molar-refractivity contribution is 5.73. The molecule has 0 atom stereocenters. The van der Waals surface area contributed by atoms with Gasteiger partial charge in [0, 0.05) is 45.6 Å². The maximum atomic E-state index is 11.5. The summed E-state index contributed by atoms with van der Waals surface area (Å²) in [5.41, 5.74) is 3.34. The van der Waals surface area contributed by atoms with E-state index in [0.29, 0.717) is 32.4 Å². The van der Waals surface area contributed by atoms with Gasteiger partial charge in [-0.3, -0.25) is 9.69 Å². The second-order valence-corrected chi connectivity index (χ2v) is 9.07. The van der Waals surface area contributed by atoms with Crippen molar-refractivity contribution in [1.82, 2.24) is 9.80 Å². The van der Waals surface area contributed by atoms with E-state index in [9.17, 15) is 9.90 Å². The molecule has 1 N–H and O–H groups in total. The molecule has 1 saturated carbocycles. The lowest BCUT2D eigenvalue weighted by Gasteiger charge is -2.40. The van der Waals surface area contributed by atoms with Crippen LogP contribution in [-0.2, 0) is 11.2 Å². The summed E-state index contributed by atoms with van der Waals surface area (Å²) in [6.07, 6.45) is 11.0. The molecule has 1 aliphatic carbocycles. The van der Waals surface area contributed by atoms with Gasteiger partial charge < -0.3 is 10.0 Å². The third-order valence-electron chi connectivity index (χ3n) is 7.05. The smallest absolute Gasteiger partial charge is 0.219 e. The van der Waals surface area contributed by atoms with Crippen LogP contribution >= 0.6 is 0 Å². The van der Waals surface area contributed by atoms with Crippen LogP contribution in [0.3, 0.4) is 0 Å². The molecule has 4 rings (SSSR count). The van der Waals surface area contributed by atoms with Crippen molar-refractivity contribution in [2.24, 2.45) is 0 Å². The van der Waals surface area contributed by atoms with Crippen LogP contribution in [0.5, 0.6) is 0 Å². The largest absolute Gasteiger partial charge is 0.389 e. The van der Waals surface area contributed by atoms with E-state index in [4.69, 9.17) is 0 Å². The Bertz CT molecular complexity index is 703. The van der Waals surface area contributed by atoms with E-state index in [-0.39, 0.29) is 5.91 Å². The molecule has 0 bridgehead atoms. The molecule has 2 heterocycles. The number of hydrogen-bond acceptors (Lipinski definition) is 3. The third kappa shape index (κ3) is 4.66. The normalized spacial score (nSPS) is 23.4. The lowest BCUT2D eigenvalue weighted by molar-refractivity contribution is -0.133. The first-order valence-electron chi connectivity index (χ1n) is 11.0. The van der Waals surface area contributed by atoms with Gasteiger partial charge in [0.15, 0.2) is 0 Å². The van der Waals surface area contributed by atoms with Crippen LogP contribution in [0.2, 0.25) is 0 Å². The minimum absolute atomic E-state index is 0.109. The summed E-state index contributed by atoms with van der Waals surface area (Å²) in [5.74, 6) is 0.109. The van der Waals surface area contributed by atoms with Crippen LogP contribution in [0.4, 0.5) is 0 Å². The standard InChI is InChI=1S/C24H34N2O2/c1-19(27)25-15-11-24(28,12-16-25)18-22-7-5-20(6-8-22)17-21-9-13-26(14-10-21)23-3-2-4-23/h5-8,17,23,28H,2-4,9-16,18H2,1H3. The Morgan fingerprint density at radius 3 is 2.29 bits per heavy atom. The summed E-state index contributed by atoms with van der Waals surface area (Å²) >= 11 is 0. The van der Waals surface area contributed by atoms with Gasteiger partial charge in [-0.25, -0.2) is 0 Å². The van der Waals surface area contributed by atoms with Gasteiger partial charge in [-0.05, 0) is 49.7 Å². The van der Waals surface area contributed by atoms with Gasteiger partial charge in [-0.1, -0.05) is 42.3 Å². The van der Waals surface area contributed by atoms with E-state index < -0.39 is 5.60 Å². The molecule has 0 unspecified atom stereocenters. The van der Waals surface area contributed by atoms with Gasteiger partial charge in [0.05, 0.1) is 5.60 Å². The van der Waals surface area contributed by atoms with Gasteiger partial charge in [0.2, 0.25) is 5.91 Å². The number of likely N-dealkylation sites (tertiary alicyclic amines) is 2. The monoisotopic (exact) mass is 382 g/mol. The molecule has 0 radical (unpaired) electrons. The number of piperidine rings is 2. The highest BCUT2D eigenvalue weighted by Gasteiger charge is 2.33. The fourth-order valence-electron chi connectivity index (χ4n) is 4.83. The molecule has 0 spiro atoms. The van der Waals surface area contributed by atoms with Gasteiger partial charge >= 0.3 is 0 Å². The van der Waals surface area contributed by atoms with Crippen molar-refractivity contribution < 1.29 is 9.90 Å². The van der Waals surface area contributed by atoms with Gasteiger partial charge in [-0.15, -0.1) is 0 Å². The minimum atomic E-state index is -0.680. The fraction of sp³-hybridized carbons (Fsp3) is 0.625. The van der Waals surface area contributed by atoms with E-state index in [0.717, 1.165) is 6.04 Å². The summed E-state index contributed by atoms with van der Waals surface area (Å²) < 4.78 is 0. The first-order valence-corrected chi connectivity index (χ1v) is 11.0. The Kier molecular flexibility index (Phi) is 5.88. The first kappa shape index (κ1) is 19.7. The quantitative estimate of drug-likeness (QED) is 0.865. The zero-order valence-electron chi connectivity index (χ0n) is 17.2. The molecule has 4 heteroatoms. The van der Waals surface area contributed by atoms with Crippen LogP contribution in [0.15, 0.2) is 29.8 Å². The number of aliphatic hydroxyl groups is 1. The highest BCUT2D eigenvalue weighted by atomic mass is 16.3. The molecule has 1 amide bonds. The molecule has 1 aromatic rings. The Labute approximate surface area is 169 Å². The molecule has 1 aromatic carbocycles. The van der Waals surface area contributed by atoms with Crippen molar-refractivity contribution in [1.29, 1.82) is 0 Å². The predicted molar refractivity (Wildman–Crippen MR) is 113 cm³/mol. The van der Waals surface area contributed by atoms with Crippen LogP contribution in [0.1, 0.15) is 63.0 Å². The van der Waals surface area contributed by atoms with Crippen molar-refractivity contribution >= 4 is 12.0 Å². The third-order valence-corrected chi connectivity index (χ3v) is 7.05. The SMILES string of the molecule is CC(=O)N1CCC(O)(Cc2ccc(C=C3CCN(C4CCC4)CC3)cc2)CC1. The second-order valence-electron chi connectivity index (χ2n) is 9.07. The maximum Gasteiger partial charge on any atom is 0.219 e. The molecule has 2 saturated heterocycles. The Balaban J connectivity index is 1.30. The summed E-state index contributed by atoms with van der Waals surface area (Å²) in [4.78, 5) is 16.0. The molecule has 3 aliphatic rings. The molecular formula is C24H34N2O2. The van der Waals surface area contributed by atoms with Crippen LogP contribution in [-0.4, -0.2) is 58.6 Å². The Hall–Kier alpha value is -1.65. The zero-order chi connectivity index (χ0) is 19.6. The van der Waals surface area contributed by atoms with Crippen LogP contribution in [0.25, 0.3) is 6.08 Å². The lowest BCUT2D eigenvalue weighted by Crippen LogP contribution is -2.47. The van der Waals surface area contributed by atoms with Crippen molar-refractivity contribution in [3.05, 3.63) is 41.0 Å². The van der Waals surface area contributed by atoms with Gasteiger partial charge in [-0.2, -0.15) is 0 Å². The molecule has 2 aliphatic heterocycles. The van der Waals surface area contributed by atoms with E-state index >= 15 is 0 Å². The zero-order valence-corrected chi connectivity index (χ0v) is 17.2. The van der Waals surface area contributed by atoms with Gasteiger partial charge in [0.1, 0.15) is 0 Å². The van der Waals surface area contributed by atoms with Crippen molar-refractivity contribution in [3.63, 3.8) is 0 Å². The van der Waals surface area contributed by atoms with E-state index in [2.05, 4.69) is 35.2 Å². The molecule has 28 heavy (non-hydrogen) atoms. The number of hydrogen-bond donors (Lipinski definition) is 1. The fourth-order valence-corrected chi connectivity index (χ4v) is 4.83. The summed E-state index contributed by atoms with van der Waals surface area (Å²) in [7, 11) is 0. The number of carbonyl (C=O) groups excluding carboxylic acids is 1. The lowest BCUT2D eigenvalue weighted by atomic mass is 9.85. The van der Waals surface area contributed by atoms with E-state index in [1.165, 1.54) is 56.3 Å². The summed E-state index contributed by atoms with van der Waals surface area (Å²) in [5, 5.41) is 10.9. The number of nitrogens with zero attached hydrogens (tertiary/aromatic N) is 2. The average Bonchev–Trinajstić information content (AvgIpc) is 2.64. The summed E-state index contributed by atoms with van der Waals surface area (Å²) in [6, 6.07) is 9.56. The number of carbonyl (C=O) groups is 1. The van der Waals surface area contributed by atoms with Crippen LogP contribution in [0, 0.1) is 0 Å². The van der Waals surface area contributed by atoms with Crippen molar-refractivity contribution in [2.75, 3.05) is 26.2 Å². The molecular weight excluding hydrogens is 348 g/mol. The topological polar surface area (TPSA) is 43.8 Å². The Morgan fingerprint density at radius 2 is 1.75 bits per heavy atom. The molecule has 3 fully saturated rings. The maximum absolute atomic E-state index is 11.5. The predicted octanol–water partition coefficient (Wildman–Crippen LogP) is 3.63.